The lowest BCUT2D eigenvalue weighted by molar-refractivity contribution is -0.00331. The quantitative estimate of drug-likeness (QED) is 0.180. The normalized spacial score (nSPS) is 17.0. The molecule has 1 fully saturated rings. The molecule has 5 aromatic rings. The van der Waals surface area contributed by atoms with Gasteiger partial charge in [-0.25, -0.2) is 27.5 Å². The number of anilines is 2. The summed E-state index contributed by atoms with van der Waals surface area (Å²) in [6.07, 6.45) is 0.0535. The van der Waals surface area contributed by atoms with Gasteiger partial charge in [-0.1, -0.05) is 19.1 Å². The van der Waals surface area contributed by atoms with Crippen molar-refractivity contribution in [2.75, 3.05) is 43.5 Å². The number of fused-ring (bicyclic) bond motifs is 1. The van der Waals surface area contributed by atoms with Crippen molar-refractivity contribution >= 4 is 33.3 Å². The van der Waals surface area contributed by atoms with E-state index < -0.39 is 24.1 Å². The summed E-state index contributed by atoms with van der Waals surface area (Å²) >= 11 is 0. The van der Waals surface area contributed by atoms with Gasteiger partial charge < -0.3 is 25.2 Å². The van der Waals surface area contributed by atoms with Gasteiger partial charge >= 0.3 is 6.01 Å². The van der Waals surface area contributed by atoms with Crippen LogP contribution in [0.3, 0.4) is 0 Å². The maximum absolute atomic E-state index is 17.0. The molecule has 2 aliphatic rings. The molecule has 0 spiro atoms. The molecule has 48 heavy (non-hydrogen) atoms. The van der Waals surface area contributed by atoms with Gasteiger partial charge in [-0.2, -0.15) is 9.97 Å². The Morgan fingerprint density at radius 2 is 1.94 bits per heavy atom. The fraction of sp³-hybridized carbons (Fsp3) is 0.353. The molecule has 0 radical (unpaired) electrons. The zero-order chi connectivity index (χ0) is 33.7. The lowest BCUT2D eigenvalue weighted by atomic mass is 9.94. The van der Waals surface area contributed by atoms with Gasteiger partial charge in [0.15, 0.2) is 5.82 Å². The summed E-state index contributed by atoms with van der Waals surface area (Å²) in [6, 6.07) is 8.41. The first-order valence-electron chi connectivity index (χ1n) is 15.7. The van der Waals surface area contributed by atoms with E-state index >= 15 is 8.78 Å². The molecule has 14 heteroatoms. The number of halogens is 4. The predicted octanol–water partition coefficient (Wildman–Crippen LogP) is 6.05. The molecule has 2 aromatic carbocycles. The second-order valence-corrected chi connectivity index (χ2v) is 11.9. The fourth-order valence-electron chi connectivity index (χ4n) is 6.64. The van der Waals surface area contributed by atoms with Crippen LogP contribution in [0.5, 0.6) is 17.6 Å². The average molecular weight is 664 g/mol. The molecule has 1 saturated heterocycles. The van der Waals surface area contributed by atoms with Crippen molar-refractivity contribution in [2.45, 2.75) is 45.2 Å². The Kier molecular flexibility index (Phi) is 8.27. The van der Waals surface area contributed by atoms with E-state index in [0.29, 0.717) is 53.6 Å². The first-order chi connectivity index (χ1) is 23.1. The van der Waals surface area contributed by atoms with E-state index in [1.165, 1.54) is 24.3 Å². The van der Waals surface area contributed by atoms with Crippen molar-refractivity contribution in [3.63, 3.8) is 0 Å². The Bertz CT molecular complexity index is 2030. The van der Waals surface area contributed by atoms with Crippen LogP contribution in [0.2, 0.25) is 0 Å². The Hall–Kier alpha value is -4.98. The van der Waals surface area contributed by atoms with Crippen molar-refractivity contribution in [1.82, 2.24) is 24.8 Å². The summed E-state index contributed by atoms with van der Waals surface area (Å²) in [6.45, 7) is 4.27. The van der Waals surface area contributed by atoms with Crippen LogP contribution in [-0.4, -0.2) is 75.3 Å². The highest BCUT2D eigenvalue weighted by molar-refractivity contribution is 6.03. The third-order valence-corrected chi connectivity index (χ3v) is 9.15. The Morgan fingerprint density at radius 1 is 1.10 bits per heavy atom. The monoisotopic (exact) mass is 663 g/mol. The number of likely N-dealkylation sites (tertiary alicyclic amines) is 1. The smallest absolute Gasteiger partial charge is 0.319 e. The summed E-state index contributed by atoms with van der Waals surface area (Å²) in [5.41, 5.74) is 7.08. The van der Waals surface area contributed by atoms with Crippen LogP contribution in [0.4, 0.5) is 29.2 Å². The van der Waals surface area contributed by atoms with Crippen molar-refractivity contribution in [1.29, 1.82) is 0 Å². The molecule has 250 valence electrons. The molecule has 2 aliphatic heterocycles. The molecule has 10 nitrogen and oxygen atoms in total. The molecule has 3 N–H and O–H groups in total. The molecule has 0 aliphatic carbocycles. The van der Waals surface area contributed by atoms with E-state index in [2.05, 4.69) is 15.0 Å². The number of aryl methyl sites for hydroxylation is 1. The molecule has 0 amide bonds. The zero-order valence-corrected chi connectivity index (χ0v) is 26.3. The van der Waals surface area contributed by atoms with Crippen LogP contribution < -0.4 is 20.1 Å². The SMILES string of the molecule is CCc1c(F)ccc2cc(O)cc(-c3nc4c5c(nc(OC[C@@H]6CCN6CC(F)F)nc5c3F)N(C(C)c3cccnc3N)CCO4)c12. The highest BCUT2D eigenvalue weighted by Crippen LogP contribution is 2.44. The molecular formula is C34H33F4N7O3. The average Bonchev–Trinajstić information content (AvgIpc) is 3.24. The van der Waals surface area contributed by atoms with Gasteiger partial charge in [0.2, 0.25) is 5.88 Å². The number of phenols is 1. The van der Waals surface area contributed by atoms with Gasteiger partial charge in [-0.15, -0.1) is 0 Å². The van der Waals surface area contributed by atoms with Crippen molar-refractivity contribution in [3.05, 3.63) is 65.4 Å². The van der Waals surface area contributed by atoms with E-state index in [9.17, 15) is 13.9 Å². The number of rotatable bonds is 9. The third kappa shape index (κ3) is 5.53. The van der Waals surface area contributed by atoms with Crippen LogP contribution in [0, 0.1) is 11.6 Å². The van der Waals surface area contributed by atoms with Gasteiger partial charge in [0.25, 0.3) is 6.43 Å². The molecule has 1 unspecified atom stereocenters. The number of pyridine rings is 2. The maximum atomic E-state index is 17.0. The number of hydrogen-bond acceptors (Lipinski definition) is 10. The minimum Gasteiger partial charge on any atom is -0.508 e. The molecule has 3 aromatic heterocycles. The van der Waals surface area contributed by atoms with Gasteiger partial charge in [-0.05, 0) is 60.4 Å². The predicted molar refractivity (Wildman–Crippen MR) is 173 cm³/mol. The fourth-order valence-corrected chi connectivity index (χ4v) is 6.64. The van der Waals surface area contributed by atoms with Crippen molar-refractivity contribution in [3.8, 4) is 28.9 Å². The first-order valence-corrected chi connectivity index (χ1v) is 15.7. The molecule has 2 atom stereocenters. The minimum absolute atomic E-state index is 0.0159. The molecule has 0 saturated carbocycles. The Morgan fingerprint density at radius 3 is 2.67 bits per heavy atom. The van der Waals surface area contributed by atoms with Crippen LogP contribution in [0.15, 0.2) is 42.6 Å². The molecular weight excluding hydrogens is 630 g/mol. The summed E-state index contributed by atoms with van der Waals surface area (Å²) in [5, 5.41) is 11.7. The van der Waals surface area contributed by atoms with E-state index in [1.54, 1.807) is 24.1 Å². The van der Waals surface area contributed by atoms with Crippen molar-refractivity contribution < 1.29 is 32.1 Å². The third-order valence-electron chi connectivity index (χ3n) is 9.15. The summed E-state index contributed by atoms with van der Waals surface area (Å²) in [4.78, 5) is 21.5. The first kappa shape index (κ1) is 31.6. The van der Waals surface area contributed by atoms with Gasteiger partial charge in [-0.3, -0.25) is 4.90 Å². The number of phenolic OH excluding ortho intramolecular Hbond substituents is 1. The zero-order valence-electron chi connectivity index (χ0n) is 26.3. The topological polar surface area (TPSA) is 123 Å². The van der Waals surface area contributed by atoms with Crippen LogP contribution in [0.1, 0.15) is 37.4 Å². The lowest BCUT2D eigenvalue weighted by Gasteiger charge is -2.40. The number of hydrogen-bond donors (Lipinski definition) is 2. The second kappa shape index (κ2) is 12.6. The van der Waals surface area contributed by atoms with Crippen LogP contribution >= 0.6 is 0 Å². The standard InChI is InChI=1S/C34H33F4N7O3/c1-3-21-24(35)7-6-18-13-20(46)14-23(26(18)21)29-28(38)30-27-32(43-34(42-30)48-16-19-8-10-44(19)15-25(36)37)45(11-12-47-33(27)41-29)17(2)22-5-4-9-40-31(22)39/h4-7,9,13-14,17,19,25,46H,3,8,10-12,15-16H2,1-2H3,(H2,39,40)/t17?,19-/m0/s1. The van der Waals surface area contributed by atoms with Gasteiger partial charge in [0.05, 0.1) is 19.1 Å². The number of ether oxygens (including phenoxy) is 2. The van der Waals surface area contributed by atoms with Crippen LogP contribution in [0.25, 0.3) is 32.9 Å². The summed E-state index contributed by atoms with van der Waals surface area (Å²) in [5.74, 6) is -0.850. The van der Waals surface area contributed by atoms with Gasteiger partial charge in [0.1, 0.15) is 53.0 Å². The molecule has 5 heterocycles. The Labute approximate surface area is 273 Å². The molecule has 7 rings (SSSR count). The van der Waals surface area contributed by atoms with E-state index in [0.717, 1.165) is 0 Å². The number of aromatic nitrogens is 4. The lowest BCUT2D eigenvalue weighted by Crippen LogP contribution is -2.52. The number of benzene rings is 2. The Balaban J connectivity index is 1.42. The summed E-state index contributed by atoms with van der Waals surface area (Å²) in [7, 11) is 0. The highest BCUT2D eigenvalue weighted by atomic mass is 19.3. The van der Waals surface area contributed by atoms with Crippen LogP contribution in [-0.2, 0) is 6.42 Å². The second-order valence-electron chi connectivity index (χ2n) is 11.9. The van der Waals surface area contributed by atoms with Gasteiger partial charge in [0, 0.05) is 29.9 Å². The number of nitrogen functional groups attached to an aromatic ring is 1. The van der Waals surface area contributed by atoms with Crippen molar-refractivity contribution in [2.24, 2.45) is 0 Å². The van der Waals surface area contributed by atoms with E-state index in [-0.39, 0.29) is 71.4 Å². The highest BCUT2D eigenvalue weighted by Gasteiger charge is 2.34. The summed E-state index contributed by atoms with van der Waals surface area (Å²) < 4.78 is 70.3. The largest absolute Gasteiger partial charge is 0.508 e. The number of alkyl halides is 2. The molecule has 0 bridgehead atoms. The maximum Gasteiger partial charge on any atom is 0.319 e. The minimum atomic E-state index is -2.48. The van der Waals surface area contributed by atoms with E-state index in [4.69, 9.17) is 20.2 Å². The number of aromatic hydroxyl groups is 1. The number of nitrogens with zero attached hydrogens (tertiary/aromatic N) is 6. The number of nitrogens with two attached hydrogens (primary N) is 1. The van der Waals surface area contributed by atoms with E-state index in [1.807, 2.05) is 17.9 Å².